The molecule has 2 rings (SSSR count). The SMILES string of the molecule is COc1cc(NCC2CCC2)ccc1N. The van der Waals surface area contributed by atoms with Crippen LogP contribution in [0.3, 0.4) is 0 Å². The zero-order valence-electron chi connectivity index (χ0n) is 9.12. The van der Waals surface area contributed by atoms with Crippen LogP contribution in [0.1, 0.15) is 19.3 Å². The number of hydrogen-bond donors (Lipinski definition) is 2. The van der Waals surface area contributed by atoms with Gasteiger partial charge in [0.2, 0.25) is 0 Å². The van der Waals surface area contributed by atoms with Gasteiger partial charge in [0.15, 0.2) is 0 Å². The number of nitrogen functional groups attached to an aromatic ring is 1. The number of ether oxygens (including phenoxy) is 1. The molecule has 1 saturated carbocycles. The molecule has 0 atom stereocenters. The van der Waals surface area contributed by atoms with Gasteiger partial charge < -0.3 is 15.8 Å². The third-order valence-electron chi connectivity index (χ3n) is 3.05. The predicted octanol–water partition coefficient (Wildman–Crippen LogP) is 2.49. The Morgan fingerprint density at radius 1 is 1.47 bits per heavy atom. The van der Waals surface area contributed by atoms with Crippen molar-refractivity contribution in [1.29, 1.82) is 0 Å². The molecule has 1 fully saturated rings. The third-order valence-corrected chi connectivity index (χ3v) is 3.05. The highest BCUT2D eigenvalue weighted by Crippen LogP contribution is 2.28. The van der Waals surface area contributed by atoms with E-state index in [9.17, 15) is 0 Å². The minimum atomic E-state index is 0.687. The minimum absolute atomic E-state index is 0.687. The average Bonchev–Trinajstić information content (AvgIpc) is 2.18. The highest BCUT2D eigenvalue weighted by atomic mass is 16.5. The second kappa shape index (κ2) is 4.43. The van der Waals surface area contributed by atoms with Gasteiger partial charge in [0.1, 0.15) is 5.75 Å². The van der Waals surface area contributed by atoms with E-state index in [-0.39, 0.29) is 0 Å². The van der Waals surface area contributed by atoms with Crippen molar-refractivity contribution in [1.82, 2.24) is 0 Å². The van der Waals surface area contributed by atoms with E-state index in [1.54, 1.807) is 7.11 Å². The standard InChI is InChI=1S/C12H18N2O/c1-15-12-7-10(5-6-11(12)13)14-8-9-3-2-4-9/h5-7,9,14H,2-4,8,13H2,1H3. The Balaban J connectivity index is 1.95. The molecule has 0 saturated heterocycles. The molecule has 0 amide bonds. The van der Waals surface area contributed by atoms with Gasteiger partial charge in [-0.25, -0.2) is 0 Å². The molecule has 0 aromatic heterocycles. The van der Waals surface area contributed by atoms with E-state index in [0.717, 1.165) is 23.9 Å². The molecule has 0 bridgehead atoms. The van der Waals surface area contributed by atoms with Gasteiger partial charge in [-0.2, -0.15) is 0 Å². The molecule has 0 radical (unpaired) electrons. The monoisotopic (exact) mass is 206 g/mol. The van der Waals surface area contributed by atoms with Gasteiger partial charge in [-0.05, 0) is 30.9 Å². The first kappa shape index (κ1) is 10.1. The van der Waals surface area contributed by atoms with Crippen molar-refractivity contribution in [3.63, 3.8) is 0 Å². The van der Waals surface area contributed by atoms with Gasteiger partial charge >= 0.3 is 0 Å². The summed E-state index contributed by atoms with van der Waals surface area (Å²) in [7, 11) is 1.64. The number of methoxy groups -OCH3 is 1. The van der Waals surface area contributed by atoms with Crippen molar-refractivity contribution >= 4 is 11.4 Å². The summed E-state index contributed by atoms with van der Waals surface area (Å²) in [5, 5.41) is 3.41. The van der Waals surface area contributed by atoms with Crippen LogP contribution in [0.15, 0.2) is 18.2 Å². The first-order valence-electron chi connectivity index (χ1n) is 5.47. The molecule has 1 aromatic rings. The van der Waals surface area contributed by atoms with Crippen molar-refractivity contribution in [2.24, 2.45) is 5.92 Å². The van der Waals surface area contributed by atoms with Crippen molar-refractivity contribution < 1.29 is 4.74 Å². The molecule has 0 aliphatic heterocycles. The molecule has 1 aliphatic carbocycles. The Hall–Kier alpha value is -1.38. The summed E-state index contributed by atoms with van der Waals surface area (Å²) < 4.78 is 5.17. The molecule has 0 spiro atoms. The van der Waals surface area contributed by atoms with Crippen LogP contribution in [0.5, 0.6) is 5.75 Å². The zero-order chi connectivity index (χ0) is 10.7. The maximum atomic E-state index is 5.74. The van der Waals surface area contributed by atoms with Crippen molar-refractivity contribution in [2.45, 2.75) is 19.3 Å². The largest absolute Gasteiger partial charge is 0.495 e. The van der Waals surface area contributed by atoms with Crippen LogP contribution in [-0.4, -0.2) is 13.7 Å². The van der Waals surface area contributed by atoms with E-state index in [0.29, 0.717) is 5.69 Å². The first-order valence-corrected chi connectivity index (χ1v) is 5.47. The van der Waals surface area contributed by atoms with Crippen LogP contribution in [-0.2, 0) is 0 Å². The number of nitrogens with two attached hydrogens (primary N) is 1. The Morgan fingerprint density at radius 3 is 2.87 bits per heavy atom. The van der Waals surface area contributed by atoms with Crippen LogP contribution >= 0.6 is 0 Å². The van der Waals surface area contributed by atoms with Gasteiger partial charge in [0.25, 0.3) is 0 Å². The normalized spacial score (nSPS) is 15.8. The van der Waals surface area contributed by atoms with E-state index in [2.05, 4.69) is 5.32 Å². The number of nitrogens with one attached hydrogen (secondary N) is 1. The van der Waals surface area contributed by atoms with Crippen LogP contribution in [0.2, 0.25) is 0 Å². The molecular formula is C12H18N2O. The molecular weight excluding hydrogens is 188 g/mol. The third kappa shape index (κ3) is 2.35. The lowest BCUT2D eigenvalue weighted by Crippen LogP contribution is -2.20. The molecule has 0 heterocycles. The quantitative estimate of drug-likeness (QED) is 0.744. The summed E-state index contributed by atoms with van der Waals surface area (Å²) in [5.74, 6) is 1.60. The lowest BCUT2D eigenvalue weighted by atomic mass is 9.85. The van der Waals surface area contributed by atoms with Gasteiger partial charge in [0.05, 0.1) is 12.8 Å². The highest BCUT2D eigenvalue weighted by Gasteiger charge is 2.16. The van der Waals surface area contributed by atoms with E-state index < -0.39 is 0 Å². The summed E-state index contributed by atoms with van der Waals surface area (Å²) in [6, 6.07) is 5.83. The molecule has 3 N–H and O–H groups in total. The Morgan fingerprint density at radius 2 is 2.27 bits per heavy atom. The molecule has 15 heavy (non-hydrogen) atoms. The van der Waals surface area contributed by atoms with E-state index >= 15 is 0 Å². The van der Waals surface area contributed by atoms with Crippen LogP contribution < -0.4 is 15.8 Å². The molecule has 3 heteroatoms. The second-order valence-electron chi connectivity index (χ2n) is 4.13. The highest BCUT2D eigenvalue weighted by molar-refractivity contribution is 5.61. The summed E-state index contributed by atoms with van der Waals surface area (Å²) in [4.78, 5) is 0. The van der Waals surface area contributed by atoms with Gasteiger partial charge in [0, 0.05) is 18.3 Å². The van der Waals surface area contributed by atoms with E-state index in [1.807, 2.05) is 18.2 Å². The lowest BCUT2D eigenvalue weighted by Gasteiger charge is -2.26. The van der Waals surface area contributed by atoms with Crippen LogP contribution in [0.4, 0.5) is 11.4 Å². The van der Waals surface area contributed by atoms with E-state index in [4.69, 9.17) is 10.5 Å². The Kier molecular flexibility index (Phi) is 2.99. The maximum Gasteiger partial charge on any atom is 0.143 e. The lowest BCUT2D eigenvalue weighted by molar-refractivity contribution is 0.333. The van der Waals surface area contributed by atoms with Crippen LogP contribution in [0.25, 0.3) is 0 Å². The zero-order valence-corrected chi connectivity index (χ0v) is 9.12. The average molecular weight is 206 g/mol. The topological polar surface area (TPSA) is 47.3 Å². The number of hydrogen-bond acceptors (Lipinski definition) is 3. The fraction of sp³-hybridized carbons (Fsp3) is 0.500. The predicted molar refractivity (Wildman–Crippen MR) is 63.2 cm³/mol. The van der Waals surface area contributed by atoms with Crippen LogP contribution in [0, 0.1) is 5.92 Å². The Bertz CT molecular complexity index is 334. The summed E-state index contributed by atoms with van der Waals surface area (Å²) in [6.45, 7) is 1.06. The smallest absolute Gasteiger partial charge is 0.143 e. The fourth-order valence-electron chi connectivity index (χ4n) is 1.78. The van der Waals surface area contributed by atoms with Gasteiger partial charge in [-0.1, -0.05) is 6.42 Å². The summed E-state index contributed by atoms with van der Waals surface area (Å²) >= 11 is 0. The molecule has 82 valence electrons. The molecule has 0 unspecified atom stereocenters. The second-order valence-corrected chi connectivity index (χ2v) is 4.13. The maximum absolute atomic E-state index is 5.74. The fourth-order valence-corrected chi connectivity index (χ4v) is 1.78. The number of anilines is 2. The molecule has 3 nitrogen and oxygen atoms in total. The van der Waals surface area contributed by atoms with Crippen molar-refractivity contribution in [3.05, 3.63) is 18.2 Å². The summed E-state index contributed by atoms with van der Waals surface area (Å²) in [6.07, 6.45) is 4.11. The van der Waals surface area contributed by atoms with E-state index in [1.165, 1.54) is 19.3 Å². The summed E-state index contributed by atoms with van der Waals surface area (Å²) in [5.41, 5.74) is 7.52. The number of benzene rings is 1. The van der Waals surface area contributed by atoms with Gasteiger partial charge in [-0.3, -0.25) is 0 Å². The number of rotatable bonds is 4. The van der Waals surface area contributed by atoms with Crippen molar-refractivity contribution in [3.8, 4) is 5.75 Å². The molecule has 1 aromatic carbocycles. The van der Waals surface area contributed by atoms with Crippen molar-refractivity contribution in [2.75, 3.05) is 24.7 Å². The molecule has 1 aliphatic rings. The first-order chi connectivity index (χ1) is 7.29. The van der Waals surface area contributed by atoms with Gasteiger partial charge in [-0.15, -0.1) is 0 Å². The Labute approximate surface area is 90.6 Å². The minimum Gasteiger partial charge on any atom is -0.495 e.